The number of halogens is 2. The highest BCUT2D eigenvalue weighted by Crippen LogP contribution is 1.99. The van der Waals surface area contributed by atoms with Gasteiger partial charge in [0.25, 0.3) is 0 Å². The Balaban J connectivity index is 3.37. The van der Waals surface area contributed by atoms with E-state index in [1.165, 1.54) is 6.20 Å². The first-order valence-corrected chi connectivity index (χ1v) is 3.78. The summed E-state index contributed by atoms with van der Waals surface area (Å²) >= 11 is 3.13. The van der Waals surface area contributed by atoms with E-state index in [9.17, 15) is 4.39 Å². The van der Waals surface area contributed by atoms with E-state index in [2.05, 4.69) is 34.1 Å². The van der Waals surface area contributed by atoms with Crippen LogP contribution in [0, 0.1) is 5.82 Å². The maximum absolute atomic E-state index is 12.6. The van der Waals surface area contributed by atoms with Crippen molar-refractivity contribution in [3.05, 3.63) is 33.6 Å². The fraction of sp³-hybridized carbons (Fsp3) is 0. The van der Waals surface area contributed by atoms with E-state index < -0.39 is 0 Å². The second-order valence-electron chi connectivity index (χ2n) is 2.12. The van der Waals surface area contributed by atoms with Gasteiger partial charge in [-0.2, -0.15) is 0 Å². The lowest BCUT2D eigenvalue weighted by molar-refractivity contribution is 0.622. The van der Waals surface area contributed by atoms with Crippen molar-refractivity contribution in [1.29, 1.82) is 0 Å². The quantitative estimate of drug-likeness (QED) is 0.727. The van der Waals surface area contributed by atoms with E-state index in [4.69, 9.17) is 0 Å². The fourth-order valence-electron chi connectivity index (χ4n) is 0.729. The number of aromatic nitrogens is 1. The zero-order valence-electron chi connectivity index (χ0n) is 5.82. The molecule has 3 heteroatoms. The molecule has 0 bridgehead atoms. The van der Waals surface area contributed by atoms with Crippen LogP contribution in [0.3, 0.4) is 0 Å². The summed E-state index contributed by atoms with van der Waals surface area (Å²) in [6, 6.07) is 0. The lowest BCUT2D eigenvalue weighted by Gasteiger charge is -1.79. The monoisotopic (exact) mass is 215 g/mol. The second kappa shape index (κ2) is 3.05. The molecule has 0 saturated heterocycles. The second-order valence-corrected chi connectivity index (χ2v) is 3.14. The molecule has 0 aromatic carbocycles. The summed E-state index contributed by atoms with van der Waals surface area (Å²) in [6.07, 6.45) is 2.94. The number of nitrogens with one attached hydrogen (secondary N) is 1. The van der Waals surface area contributed by atoms with Crippen LogP contribution in [0.25, 0.3) is 12.7 Å². The molecule has 1 aromatic rings. The van der Waals surface area contributed by atoms with Crippen LogP contribution in [-0.4, -0.2) is 4.98 Å². The van der Waals surface area contributed by atoms with E-state index in [0.717, 1.165) is 0 Å². The van der Waals surface area contributed by atoms with Gasteiger partial charge in [-0.25, -0.2) is 4.39 Å². The molecular formula is C8H7BrFN. The van der Waals surface area contributed by atoms with Crippen molar-refractivity contribution in [1.82, 2.24) is 4.98 Å². The number of hydrogen-bond donors (Lipinski definition) is 1. The number of H-pyrrole nitrogens is 1. The SMILES string of the molecule is C=C(Br)/C=c1/[nH]cc(F)c1=C. The summed E-state index contributed by atoms with van der Waals surface area (Å²) in [6.45, 7) is 7.13. The first-order chi connectivity index (χ1) is 5.11. The minimum Gasteiger partial charge on any atom is -0.359 e. The lowest BCUT2D eigenvalue weighted by Crippen LogP contribution is -2.22. The van der Waals surface area contributed by atoms with E-state index in [-0.39, 0.29) is 5.82 Å². The molecule has 11 heavy (non-hydrogen) atoms. The Morgan fingerprint density at radius 3 is 2.73 bits per heavy atom. The van der Waals surface area contributed by atoms with Crippen molar-refractivity contribution in [2.75, 3.05) is 0 Å². The number of hydrogen-bond acceptors (Lipinski definition) is 0. The molecule has 58 valence electrons. The summed E-state index contributed by atoms with van der Waals surface area (Å²) < 4.78 is 13.3. The van der Waals surface area contributed by atoms with Gasteiger partial charge >= 0.3 is 0 Å². The molecule has 0 aliphatic rings. The fourth-order valence-corrected chi connectivity index (χ4v) is 0.958. The Kier molecular flexibility index (Phi) is 2.29. The summed E-state index contributed by atoms with van der Waals surface area (Å²) in [7, 11) is 0. The molecule has 0 atom stereocenters. The van der Waals surface area contributed by atoms with Gasteiger partial charge in [-0.05, 0) is 6.08 Å². The van der Waals surface area contributed by atoms with Crippen LogP contribution in [0.15, 0.2) is 17.3 Å². The third-order valence-electron chi connectivity index (χ3n) is 1.27. The van der Waals surface area contributed by atoms with E-state index in [1.807, 2.05) is 0 Å². The molecule has 1 aromatic heterocycles. The Morgan fingerprint density at radius 1 is 1.73 bits per heavy atom. The van der Waals surface area contributed by atoms with Crippen molar-refractivity contribution in [2.45, 2.75) is 0 Å². The molecule has 1 nitrogen and oxygen atoms in total. The van der Waals surface area contributed by atoms with Crippen LogP contribution in [0.5, 0.6) is 0 Å². The maximum Gasteiger partial charge on any atom is 0.147 e. The molecule has 0 fully saturated rings. The highest BCUT2D eigenvalue weighted by atomic mass is 79.9. The molecule has 1 N–H and O–H groups in total. The highest BCUT2D eigenvalue weighted by Gasteiger charge is 1.92. The smallest absolute Gasteiger partial charge is 0.147 e. The van der Waals surface area contributed by atoms with Crippen LogP contribution >= 0.6 is 15.9 Å². The van der Waals surface area contributed by atoms with Gasteiger partial charge in [-0.3, -0.25) is 0 Å². The normalized spacial score (nSPS) is 12.0. The minimum atomic E-state index is -0.329. The highest BCUT2D eigenvalue weighted by molar-refractivity contribution is 9.12. The van der Waals surface area contributed by atoms with Gasteiger partial charge in [-0.15, -0.1) is 0 Å². The van der Waals surface area contributed by atoms with Crippen molar-refractivity contribution >= 4 is 28.6 Å². The van der Waals surface area contributed by atoms with Crippen LogP contribution in [0.4, 0.5) is 4.39 Å². The molecule has 0 radical (unpaired) electrons. The third-order valence-corrected chi connectivity index (χ3v) is 1.50. The van der Waals surface area contributed by atoms with Crippen molar-refractivity contribution in [2.24, 2.45) is 0 Å². The average molecular weight is 216 g/mol. The first kappa shape index (κ1) is 8.27. The molecule has 1 rings (SSSR count). The molecular weight excluding hydrogens is 209 g/mol. The lowest BCUT2D eigenvalue weighted by atomic mass is 10.4. The zero-order chi connectivity index (χ0) is 8.43. The Hall–Kier alpha value is -0.830. The summed E-state index contributed by atoms with van der Waals surface area (Å²) in [5.41, 5.74) is 0. The predicted molar refractivity (Wildman–Crippen MR) is 48.1 cm³/mol. The molecule has 1 heterocycles. The minimum absolute atomic E-state index is 0.329. The predicted octanol–water partition coefficient (Wildman–Crippen LogP) is 1.25. The van der Waals surface area contributed by atoms with Crippen LogP contribution in [0.1, 0.15) is 0 Å². The van der Waals surface area contributed by atoms with Gasteiger partial charge in [0.2, 0.25) is 0 Å². The Bertz CT molecular complexity index is 377. The molecule has 0 aliphatic heterocycles. The molecule has 0 aliphatic carbocycles. The zero-order valence-corrected chi connectivity index (χ0v) is 7.41. The Labute approximate surface area is 72.1 Å². The van der Waals surface area contributed by atoms with Gasteiger partial charge in [0.05, 0.1) is 0 Å². The van der Waals surface area contributed by atoms with Gasteiger partial charge in [-0.1, -0.05) is 29.1 Å². The Morgan fingerprint density at radius 2 is 2.36 bits per heavy atom. The van der Waals surface area contributed by atoms with Gasteiger partial charge in [0.15, 0.2) is 0 Å². The molecule has 0 amide bonds. The molecule has 0 spiro atoms. The van der Waals surface area contributed by atoms with Gasteiger partial charge < -0.3 is 4.98 Å². The maximum atomic E-state index is 12.6. The number of aromatic amines is 1. The van der Waals surface area contributed by atoms with E-state index in [1.54, 1.807) is 6.08 Å². The van der Waals surface area contributed by atoms with E-state index in [0.29, 0.717) is 15.1 Å². The molecule has 0 unspecified atom stereocenters. The van der Waals surface area contributed by atoms with E-state index >= 15 is 0 Å². The largest absolute Gasteiger partial charge is 0.359 e. The standard InChI is InChI=1S/C8H7BrFN/c1-5(9)3-8-6(2)7(10)4-11-8/h3-4,11H,1-2H2/b8-3+. The number of allylic oxidation sites excluding steroid dienone is 1. The van der Waals surface area contributed by atoms with Crippen LogP contribution in [-0.2, 0) is 0 Å². The van der Waals surface area contributed by atoms with Gasteiger partial charge in [0, 0.05) is 21.2 Å². The summed E-state index contributed by atoms with van der Waals surface area (Å²) in [5.74, 6) is -0.329. The van der Waals surface area contributed by atoms with Crippen molar-refractivity contribution < 1.29 is 4.39 Å². The average Bonchev–Trinajstić information content (AvgIpc) is 2.18. The third kappa shape index (κ3) is 1.80. The van der Waals surface area contributed by atoms with Crippen LogP contribution < -0.4 is 10.6 Å². The topological polar surface area (TPSA) is 15.8 Å². The molecule has 0 saturated carbocycles. The summed E-state index contributed by atoms with van der Waals surface area (Å²) in [5, 5.41) is 1.01. The van der Waals surface area contributed by atoms with Gasteiger partial charge in [0.1, 0.15) is 5.82 Å². The number of rotatable bonds is 1. The van der Waals surface area contributed by atoms with Crippen molar-refractivity contribution in [3.63, 3.8) is 0 Å². The van der Waals surface area contributed by atoms with Crippen LogP contribution in [0.2, 0.25) is 0 Å². The first-order valence-electron chi connectivity index (χ1n) is 2.99. The summed E-state index contributed by atoms with van der Waals surface area (Å²) in [4.78, 5) is 2.72. The van der Waals surface area contributed by atoms with Crippen molar-refractivity contribution in [3.8, 4) is 0 Å².